The van der Waals surface area contributed by atoms with E-state index >= 15 is 0 Å². The molecule has 1 aromatic heterocycles. The van der Waals surface area contributed by atoms with Gasteiger partial charge in [0.2, 0.25) is 5.78 Å². The number of carbonyl (C=O) groups excluding carboxylic acids is 2. The van der Waals surface area contributed by atoms with Crippen molar-refractivity contribution in [1.82, 2.24) is 0 Å². The number of furan rings is 1. The van der Waals surface area contributed by atoms with Crippen molar-refractivity contribution in [1.29, 1.82) is 5.26 Å². The van der Waals surface area contributed by atoms with E-state index in [1.54, 1.807) is 54.6 Å². The Hall–Kier alpha value is -4.31. The van der Waals surface area contributed by atoms with Crippen molar-refractivity contribution in [2.75, 3.05) is 4.90 Å². The maximum absolute atomic E-state index is 13.2. The number of nitriles is 1. The van der Waals surface area contributed by atoms with Gasteiger partial charge in [-0.2, -0.15) is 5.26 Å². The van der Waals surface area contributed by atoms with Crippen LogP contribution >= 0.6 is 0 Å². The molecule has 1 aliphatic rings. The number of ether oxygens (including phenoxy) is 1. The number of amides is 1. The average Bonchev–Trinajstić information content (AvgIpc) is 3.41. The van der Waals surface area contributed by atoms with Crippen LogP contribution in [0.4, 0.5) is 5.69 Å². The zero-order chi connectivity index (χ0) is 22.8. The lowest BCUT2D eigenvalue weighted by Gasteiger charge is -2.27. The zero-order valence-corrected chi connectivity index (χ0v) is 17.5. The van der Waals surface area contributed by atoms with E-state index in [0.717, 1.165) is 0 Å². The second-order valence-electron chi connectivity index (χ2n) is 7.54. The van der Waals surface area contributed by atoms with E-state index in [2.05, 4.69) is 0 Å². The summed E-state index contributed by atoms with van der Waals surface area (Å²) in [7, 11) is 0. The predicted octanol–water partition coefficient (Wildman–Crippen LogP) is 4.72. The Bertz CT molecular complexity index is 1230. The summed E-state index contributed by atoms with van der Waals surface area (Å²) in [5.41, 5.74) is 1.35. The molecule has 4 rings (SSSR count). The summed E-state index contributed by atoms with van der Waals surface area (Å²) in [6.45, 7) is 3.79. The molecule has 0 aliphatic carbocycles. The highest BCUT2D eigenvalue weighted by Crippen LogP contribution is 2.42. The number of anilines is 1. The average molecular weight is 428 g/mol. The van der Waals surface area contributed by atoms with Gasteiger partial charge in [-0.3, -0.25) is 14.5 Å². The first-order valence-electron chi connectivity index (χ1n) is 10.0. The molecule has 0 spiro atoms. The minimum absolute atomic E-state index is 0.0145. The lowest BCUT2D eigenvalue weighted by Crippen LogP contribution is -2.31. The summed E-state index contributed by atoms with van der Waals surface area (Å²) in [4.78, 5) is 27.7. The van der Waals surface area contributed by atoms with E-state index in [4.69, 9.17) is 14.4 Å². The molecule has 1 amide bonds. The fraction of sp³-hybridized carbons (Fsp3) is 0.160. The number of nitrogens with zero attached hydrogens (tertiary/aromatic N) is 2. The van der Waals surface area contributed by atoms with Crippen LogP contribution in [-0.2, 0) is 4.79 Å². The summed E-state index contributed by atoms with van der Waals surface area (Å²) in [5.74, 6) is -1.36. The van der Waals surface area contributed by atoms with E-state index in [1.807, 2.05) is 19.9 Å². The topological polar surface area (TPSA) is 104 Å². The van der Waals surface area contributed by atoms with Crippen LogP contribution in [0.25, 0.3) is 0 Å². The van der Waals surface area contributed by atoms with Crippen molar-refractivity contribution in [2.24, 2.45) is 0 Å². The predicted molar refractivity (Wildman–Crippen MR) is 116 cm³/mol. The van der Waals surface area contributed by atoms with Gasteiger partial charge < -0.3 is 14.3 Å². The van der Waals surface area contributed by atoms with Gasteiger partial charge in [-0.15, -0.1) is 0 Å². The van der Waals surface area contributed by atoms with Gasteiger partial charge in [0, 0.05) is 5.69 Å². The molecular weight excluding hydrogens is 408 g/mol. The molecule has 0 saturated heterocycles. The number of Topliss-reactive ketones (excluding diaryl/α,β-unsaturated/α-hetero) is 1. The van der Waals surface area contributed by atoms with Gasteiger partial charge in [0.05, 0.1) is 35.6 Å². The number of ketones is 1. The highest BCUT2D eigenvalue weighted by atomic mass is 16.5. The van der Waals surface area contributed by atoms with Crippen LogP contribution in [0.3, 0.4) is 0 Å². The minimum atomic E-state index is -0.913. The van der Waals surface area contributed by atoms with E-state index in [0.29, 0.717) is 22.6 Å². The number of aliphatic hydroxyl groups is 1. The molecule has 1 aliphatic heterocycles. The quantitative estimate of drug-likeness (QED) is 0.570. The van der Waals surface area contributed by atoms with Crippen molar-refractivity contribution in [3.8, 4) is 11.8 Å². The second kappa shape index (κ2) is 8.44. The van der Waals surface area contributed by atoms with Gasteiger partial charge in [0.1, 0.15) is 5.75 Å². The molecule has 1 atom stereocenters. The van der Waals surface area contributed by atoms with Crippen LogP contribution in [0.1, 0.15) is 41.6 Å². The molecule has 1 N–H and O–H groups in total. The summed E-state index contributed by atoms with van der Waals surface area (Å²) >= 11 is 0. The molecule has 160 valence electrons. The summed E-state index contributed by atoms with van der Waals surface area (Å²) in [6, 6.07) is 17.5. The third-order valence-electron chi connectivity index (χ3n) is 5.02. The maximum atomic E-state index is 13.2. The standard InChI is InChI=1S/C25H20N2O5/c1-15(2)32-19-6-3-5-17(13-19)22-21(23(28)20-7-4-12-31-20)24(29)25(30)27(22)18-10-8-16(14-26)9-11-18/h3-13,15,22,29H,1-2H3. The van der Waals surface area contributed by atoms with Crippen molar-refractivity contribution >= 4 is 17.4 Å². The Morgan fingerprint density at radius 1 is 1.16 bits per heavy atom. The Morgan fingerprint density at radius 3 is 2.53 bits per heavy atom. The Kier molecular flexibility index (Phi) is 5.52. The Morgan fingerprint density at radius 2 is 1.91 bits per heavy atom. The fourth-order valence-electron chi connectivity index (χ4n) is 3.69. The monoisotopic (exact) mass is 428 g/mol. The van der Waals surface area contributed by atoms with Gasteiger partial charge in [-0.1, -0.05) is 12.1 Å². The molecule has 32 heavy (non-hydrogen) atoms. The normalized spacial score (nSPS) is 15.9. The van der Waals surface area contributed by atoms with Crippen LogP contribution in [0.5, 0.6) is 5.75 Å². The van der Waals surface area contributed by atoms with Crippen LogP contribution in [0.2, 0.25) is 0 Å². The molecule has 7 heteroatoms. The van der Waals surface area contributed by atoms with E-state index in [9.17, 15) is 14.7 Å². The van der Waals surface area contributed by atoms with Crippen LogP contribution < -0.4 is 9.64 Å². The molecule has 7 nitrogen and oxygen atoms in total. The second-order valence-corrected chi connectivity index (χ2v) is 7.54. The lowest BCUT2D eigenvalue weighted by molar-refractivity contribution is -0.117. The van der Waals surface area contributed by atoms with Gasteiger partial charge in [0.15, 0.2) is 11.5 Å². The fourth-order valence-corrected chi connectivity index (χ4v) is 3.69. The van der Waals surface area contributed by atoms with Gasteiger partial charge in [0.25, 0.3) is 5.91 Å². The van der Waals surface area contributed by atoms with Crippen molar-refractivity contribution in [2.45, 2.75) is 26.0 Å². The lowest BCUT2D eigenvalue weighted by atomic mass is 9.94. The van der Waals surface area contributed by atoms with Crippen molar-refractivity contribution in [3.63, 3.8) is 0 Å². The van der Waals surface area contributed by atoms with Gasteiger partial charge in [-0.05, 0) is 67.9 Å². The SMILES string of the molecule is CC(C)Oc1cccc(C2C(C(=O)c3ccco3)=C(O)C(=O)N2c2ccc(C#N)cc2)c1. The van der Waals surface area contributed by atoms with Gasteiger partial charge >= 0.3 is 0 Å². The smallest absolute Gasteiger partial charge is 0.294 e. The largest absolute Gasteiger partial charge is 0.503 e. The first kappa shape index (κ1) is 20.9. The maximum Gasteiger partial charge on any atom is 0.294 e. The first-order valence-corrected chi connectivity index (χ1v) is 10.0. The molecule has 2 heterocycles. The molecule has 1 unspecified atom stereocenters. The van der Waals surface area contributed by atoms with Gasteiger partial charge in [-0.25, -0.2) is 0 Å². The number of hydrogen-bond acceptors (Lipinski definition) is 6. The summed E-state index contributed by atoms with van der Waals surface area (Å²) in [5, 5.41) is 19.8. The van der Waals surface area contributed by atoms with Crippen molar-refractivity contribution < 1.29 is 23.8 Å². The van der Waals surface area contributed by atoms with Crippen LogP contribution in [0.15, 0.2) is 82.7 Å². The highest BCUT2D eigenvalue weighted by Gasteiger charge is 2.45. The van der Waals surface area contributed by atoms with E-state index in [1.165, 1.54) is 17.2 Å². The zero-order valence-electron chi connectivity index (χ0n) is 17.5. The number of aliphatic hydroxyl groups excluding tert-OH is 1. The molecule has 0 saturated carbocycles. The van der Waals surface area contributed by atoms with E-state index in [-0.39, 0.29) is 17.4 Å². The number of benzene rings is 2. The minimum Gasteiger partial charge on any atom is -0.503 e. The molecule has 2 aromatic carbocycles. The first-order chi connectivity index (χ1) is 15.4. The number of carbonyl (C=O) groups is 2. The summed E-state index contributed by atoms with van der Waals surface area (Å²) < 4.78 is 11.0. The third-order valence-corrected chi connectivity index (χ3v) is 5.02. The van der Waals surface area contributed by atoms with E-state index < -0.39 is 23.5 Å². The number of rotatable bonds is 6. The van der Waals surface area contributed by atoms with Crippen molar-refractivity contribution in [3.05, 3.63) is 95.1 Å². The Labute approximate surface area is 184 Å². The molecule has 3 aromatic rings. The van der Waals surface area contributed by atoms with Crippen LogP contribution in [-0.4, -0.2) is 22.9 Å². The highest BCUT2D eigenvalue weighted by molar-refractivity contribution is 6.20. The summed E-state index contributed by atoms with van der Waals surface area (Å²) in [6.07, 6.45) is 1.28. The molecule has 0 radical (unpaired) electrons. The third kappa shape index (κ3) is 3.74. The molecule has 0 bridgehead atoms. The van der Waals surface area contributed by atoms with Crippen LogP contribution in [0, 0.1) is 11.3 Å². The number of hydrogen-bond donors (Lipinski definition) is 1. The Balaban J connectivity index is 1.86. The molecule has 0 fully saturated rings. The molecular formula is C25H20N2O5.